The normalized spacial score (nSPS) is 36.8. The Morgan fingerprint density at radius 2 is 2.21 bits per heavy atom. The van der Waals surface area contributed by atoms with Crippen LogP contribution in [-0.2, 0) is 9.59 Å². The van der Waals surface area contributed by atoms with Gasteiger partial charge in [-0.15, -0.1) is 11.8 Å². The third kappa shape index (κ3) is 2.75. The lowest BCUT2D eigenvalue weighted by molar-refractivity contribution is -0.163. The predicted molar refractivity (Wildman–Crippen MR) is 89.1 cm³/mol. The van der Waals surface area contributed by atoms with Gasteiger partial charge in [0.1, 0.15) is 5.70 Å². The topological polar surface area (TPSA) is 110 Å². The van der Waals surface area contributed by atoms with Crippen LogP contribution in [0.25, 0.3) is 0 Å². The summed E-state index contributed by atoms with van der Waals surface area (Å²) in [5.41, 5.74) is 0.0880. The second-order valence-electron chi connectivity index (χ2n) is 6.86. The molecular weight excluding hydrogens is 332 g/mol. The van der Waals surface area contributed by atoms with Crippen LogP contribution in [0.4, 0.5) is 0 Å². The smallest absolute Gasteiger partial charge is 0.353 e. The highest BCUT2D eigenvalue weighted by Crippen LogP contribution is 2.51. The SMILES string of the molecule is C[C@@H](O)[C@H]1C(=O)N2C(C(=O)O)=C(S[C@@H]3CN[C@H](CCO)C3)[C@H](C)[C@H]12. The van der Waals surface area contributed by atoms with Gasteiger partial charge in [-0.25, -0.2) is 4.79 Å². The average Bonchev–Trinajstić information content (AvgIpc) is 3.02. The molecule has 3 rings (SSSR count). The summed E-state index contributed by atoms with van der Waals surface area (Å²) in [4.78, 5) is 26.1. The number of aliphatic hydroxyl groups excluding tert-OH is 2. The van der Waals surface area contributed by atoms with Crippen molar-refractivity contribution < 1.29 is 24.9 Å². The lowest BCUT2D eigenvalue weighted by atomic mass is 9.79. The number of fused-ring (bicyclic) bond motifs is 1. The minimum absolute atomic E-state index is 0.0877. The number of hydrogen-bond acceptors (Lipinski definition) is 6. The van der Waals surface area contributed by atoms with Gasteiger partial charge in [0, 0.05) is 35.3 Å². The highest BCUT2D eigenvalue weighted by atomic mass is 32.2. The van der Waals surface area contributed by atoms with E-state index in [0.29, 0.717) is 6.42 Å². The molecule has 0 radical (unpaired) electrons. The van der Waals surface area contributed by atoms with E-state index in [4.69, 9.17) is 5.11 Å². The molecule has 8 heteroatoms. The van der Waals surface area contributed by atoms with Gasteiger partial charge in [0.25, 0.3) is 0 Å². The maximum atomic E-state index is 12.3. The summed E-state index contributed by atoms with van der Waals surface area (Å²) in [6.07, 6.45) is 0.782. The van der Waals surface area contributed by atoms with E-state index in [2.05, 4.69) is 5.32 Å². The molecule has 0 aromatic rings. The summed E-state index contributed by atoms with van der Waals surface area (Å²) in [6.45, 7) is 4.41. The molecule has 0 saturated carbocycles. The summed E-state index contributed by atoms with van der Waals surface area (Å²) in [5, 5.41) is 32.1. The molecule has 2 fully saturated rings. The Morgan fingerprint density at radius 3 is 2.79 bits per heavy atom. The standard InChI is InChI=1S/C16H24N2O5S/c1-7-12-11(8(2)20)15(21)18(12)13(16(22)23)14(7)24-10-5-9(3-4-19)17-6-10/h7-12,17,19-20H,3-6H2,1-2H3,(H,22,23)/t7-,8-,9-,10+,11-,12-/m1/s1. The van der Waals surface area contributed by atoms with Gasteiger partial charge in [-0.1, -0.05) is 6.92 Å². The van der Waals surface area contributed by atoms with E-state index in [-0.39, 0.29) is 41.5 Å². The number of amides is 1. The van der Waals surface area contributed by atoms with Gasteiger partial charge in [0.15, 0.2) is 0 Å². The van der Waals surface area contributed by atoms with Crippen LogP contribution in [0.1, 0.15) is 26.7 Å². The molecule has 0 aromatic heterocycles. The molecule has 0 aliphatic carbocycles. The molecule has 24 heavy (non-hydrogen) atoms. The quantitative estimate of drug-likeness (QED) is 0.495. The van der Waals surface area contributed by atoms with Gasteiger partial charge in [-0.05, 0) is 19.8 Å². The molecule has 3 heterocycles. The van der Waals surface area contributed by atoms with Crippen molar-refractivity contribution in [2.24, 2.45) is 11.8 Å². The van der Waals surface area contributed by atoms with Gasteiger partial charge in [-0.2, -0.15) is 0 Å². The van der Waals surface area contributed by atoms with E-state index >= 15 is 0 Å². The molecule has 1 amide bonds. The van der Waals surface area contributed by atoms with Crippen molar-refractivity contribution in [1.82, 2.24) is 10.2 Å². The lowest BCUT2D eigenvalue weighted by Crippen LogP contribution is -2.63. The first-order valence-electron chi connectivity index (χ1n) is 8.36. The van der Waals surface area contributed by atoms with Crippen molar-refractivity contribution in [3.05, 3.63) is 10.6 Å². The van der Waals surface area contributed by atoms with Crippen molar-refractivity contribution in [2.75, 3.05) is 13.2 Å². The van der Waals surface area contributed by atoms with Gasteiger partial charge >= 0.3 is 5.97 Å². The van der Waals surface area contributed by atoms with Crippen LogP contribution in [0.2, 0.25) is 0 Å². The zero-order valence-corrected chi connectivity index (χ0v) is 14.6. The molecule has 134 valence electrons. The fraction of sp³-hybridized carbons (Fsp3) is 0.750. The number of nitrogens with zero attached hydrogens (tertiary/aromatic N) is 1. The van der Waals surface area contributed by atoms with Crippen molar-refractivity contribution in [1.29, 1.82) is 0 Å². The number of carbonyl (C=O) groups excluding carboxylic acids is 1. The molecule has 2 saturated heterocycles. The molecule has 6 atom stereocenters. The van der Waals surface area contributed by atoms with Crippen LogP contribution in [-0.4, -0.2) is 68.7 Å². The molecular formula is C16H24N2O5S. The van der Waals surface area contributed by atoms with E-state index < -0.39 is 18.0 Å². The largest absolute Gasteiger partial charge is 0.477 e. The maximum absolute atomic E-state index is 12.3. The molecule has 3 aliphatic rings. The van der Waals surface area contributed by atoms with E-state index in [9.17, 15) is 19.8 Å². The van der Waals surface area contributed by atoms with Crippen molar-refractivity contribution in [2.45, 2.75) is 50.1 Å². The van der Waals surface area contributed by atoms with Crippen LogP contribution in [0, 0.1) is 11.8 Å². The number of carboxylic acids is 1. The fourth-order valence-electron chi connectivity index (χ4n) is 4.11. The van der Waals surface area contributed by atoms with Crippen LogP contribution < -0.4 is 5.32 Å². The number of nitrogens with one attached hydrogen (secondary N) is 1. The molecule has 7 nitrogen and oxygen atoms in total. The van der Waals surface area contributed by atoms with Crippen molar-refractivity contribution >= 4 is 23.6 Å². The van der Waals surface area contributed by atoms with E-state index in [1.165, 1.54) is 16.7 Å². The summed E-state index contributed by atoms with van der Waals surface area (Å²) >= 11 is 1.53. The molecule has 0 aromatic carbocycles. The van der Waals surface area contributed by atoms with Gasteiger partial charge in [0.2, 0.25) is 5.91 Å². The molecule has 0 unspecified atom stereocenters. The third-order valence-corrected chi connectivity index (χ3v) is 6.78. The van der Waals surface area contributed by atoms with Crippen LogP contribution in [0.5, 0.6) is 0 Å². The van der Waals surface area contributed by atoms with Gasteiger partial charge < -0.3 is 25.5 Å². The Hall–Kier alpha value is -1.09. The summed E-state index contributed by atoms with van der Waals surface area (Å²) in [6, 6.07) is -0.00402. The Labute approximate surface area is 145 Å². The van der Waals surface area contributed by atoms with E-state index in [1.54, 1.807) is 6.92 Å². The number of rotatable bonds is 6. The number of β-lactam (4-membered cyclic amide) rings is 1. The third-order valence-electron chi connectivity index (χ3n) is 5.26. The maximum Gasteiger partial charge on any atom is 0.353 e. The first-order valence-corrected chi connectivity index (χ1v) is 9.24. The Kier molecular flexibility index (Phi) is 4.92. The van der Waals surface area contributed by atoms with E-state index in [1.807, 2.05) is 6.92 Å². The van der Waals surface area contributed by atoms with Gasteiger partial charge in [0.05, 0.1) is 18.1 Å². The summed E-state index contributed by atoms with van der Waals surface area (Å²) < 4.78 is 0. The zero-order valence-electron chi connectivity index (χ0n) is 13.8. The number of carboxylic acid groups (broad SMARTS) is 1. The number of carbonyl (C=O) groups is 2. The second kappa shape index (κ2) is 6.67. The average molecular weight is 356 g/mol. The first kappa shape index (κ1) is 17.7. The molecule has 4 N–H and O–H groups in total. The van der Waals surface area contributed by atoms with Crippen LogP contribution in [0.15, 0.2) is 10.6 Å². The summed E-state index contributed by atoms with van der Waals surface area (Å²) in [7, 11) is 0. The number of hydrogen-bond donors (Lipinski definition) is 4. The highest BCUT2D eigenvalue weighted by Gasteiger charge is 2.60. The summed E-state index contributed by atoms with van der Waals surface area (Å²) in [5.74, 6) is -1.98. The fourth-order valence-corrected chi connectivity index (χ4v) is 5.62. The molecule has 0 spiro atoms. The zero-order chi connectivity index (χ0) is 17.6. The Balaban J connectivity index is 1.79. The second-order valence-corrected chi connectivity index (χ2v) is 8.21. The predicted octanol–water partition coefficient (Wildman–Crippen LogP) is -0.0138. The number of thioether (sulfide) groups is 1. The van der Waals surface area contributed by atoms with Crippen molar-refractivity contribution in [3.63, 3.8) is 0 Å². The molecule has 0 bridgehead atoms. The number of aliphatic hydroxyl groups is 2. The van der Waals surface area contributed by atoms with Crippen molar-refractivity contribution in [3.8, 4) is 0 Å². The number of aliphatic carboxylic acids is 1. The van der Waals surface area contributed by atoms with Gasteiger partial charge in [-0.3, -0.25) is 4.79 Å². The lowest BCUT2D eigenvalue weighted by Gasteiger charge is -2.46. The highest BCUT2D eigenvalue weighted by molar-refractivity contribution is 8.03. The first-order chi connectivity index (χ1) is 11.4. The Morgan fingerprint density at radius 1 is 1.50 bits per heavy atom. The van der Waals surface area contributed by atoms with Crippen LogP contribution in [0.3, 0.4) is 0 Å². The molecule has 3 aliphatic heterocycles. The minimum atomic E-state index is -1.08. The van der Waals surface area contributed by atoms with Crippen LogP contribution >= 0.6 is 11.8 Å². The minimum Gasteiger partial charge on any atom is -0.477 e. The monoisotopic (exact) mass is 356 g/mol. The Bertz CT molecular complexity index is 579. The van der Waals surface area contributed by atoms with E-state index in [0.717, 1.165) is 17.9 Å².